The monoisotopic (exact) mass is 284 g/mol. The van der Waals surface area contributed by atoms with Crippen LogP contribution < -0.4 is 10.2 Å². The third-order valence-corrected chi connectivity index (χ3v) is 3.10. The summed E-state index contributed by atoms with van der Waals surface area (Å²) in [6, 6.07) is 0. The zero-order chi connectivity index (χ0) is 14.3. The van der Waals surface area contributed by atoms with Gasteiger partial charge in [0.15, 0.2) is 0 Å². The zero-order valence-corrected chi connectivity index (χ0v) is 12.5. The van der Waals surface area contributed by atoms with Gasteiger partial charge < -0.3 is 10.2 Å². The van der Waals surface area contributed by atoms with Crippen molar-refractivity contribution < 1.29 is 4.79 Å². The first-order valence-electron chi connectivity index (χ1n) is 6.58. The van der Waals surface area contributed by atoms with Crippen LogP contribution in [0.25, 0.3) is 0 Å². The Hall–Kier alpha value is -1.36. The molecule has 1 aromatic heterocycles. The molecule has 0 saturated heterocycles. The van der Waals surface area contributed by atoms with Crippen LogP contribution in [-0.2, 0) is 11.2 Å². The van der Waals surface area contributed by atoms with Crippen LogP contribution in [0, 0.1) is 0 Å². The number of nitrogens with zero attached hydrogens (tertiary/aromatic N) is 3. The van der Waals surface area contributed by atoms with Gasteiger partial charge in [0.2, 0.25) is 5.91 Å². The lowest BCUT2D eigenvalue weighted by atomic mass is 10.1. The maximum absolute atomic E-state index is 11.6. The van der Waals surface area contributed by atoms with E-state index in [-0.39, 0.29) is 12.5 Å². The van der Waals surface area contributed by atoms with Gasteiger partial charge in [-0.25, -0.2) is 9.97 Å². The van der Waals surface area contributed by atoms with Gasteiger partial charge in [0.05, 0.1) is 6.54 Å². The number of carbonyl (C=O) groups excluding carboxylic acids is 1. The van der Waals surface area contributed by atoms with Crippen LogP contribution in [0.1, 0.15) is 32.3 Å². The number of likely N-dealkylation sites (N-methyl/N-ethyl adjacent to an activating group) is 1. The Kier molecular flexibility index (Phi) is 6.56. The Morgan fingerprint density at radius 3 is 2.68 bits per heavy atom. The molecule has 1 heterocycles. The Balaban J connectivity index is 3.06. The number of nitrogens with one attached hydrogen (secondary N) is 1. The first kappa shape index (κ1) is 15.7. The van der Waals surface area contributed by atoms with E-state index < -0.39 is 0 Å². The fraction of sp³-hybridized carbons (Fsp3) is 0.615. The molecule has 1 amide bonds. The molecule has 6 heteroatoms. The van der Waals surface area contributed by atoms with Crippen LogP contribution in [0.4, 0.5) is 5.82 Å². The van der Waals surface area contributed by atoms with E-state index in [0.717, 1.165) is 37.2 Å². The van der Waals surface area contributed by atoms with Gasteiger partial charge in [0.1, 0.15) is 17.3 Å². The number of rotatable bonds is 7. The number of carbonyl (C=O) groups is 1. The highest BCUT2D eigenvalue weighted by Gasteiger charge is 2.17. The van der Waals surface area contributed by atoms with Gasteiger partial charge in [-0.3, -0.25) is 4.79 Å². The molecule has 0 atom stereocenters. The van der Waals surface area contributed by atoms with Crippen molar-refractivity contribution in [1.82, 2.24) is 15.3 Å². The van der Waals surface area contributed by atoms with Crippen molar-refractivity contribution in [2.24, 2.45) is 0 Å². The highest BCUT2D eigenvalue weighted by atomic mass is 35.5. The maximum Gasteiger partial charge on any atom is 0.239 e. The summed E-state index contributed by atoms with van der Waals surface area (Å²) in [5.41, 5.74) is 0.920. The number of anilines is 1. The van der Waals surface area contributed by atoms with Crippen LogP contribution in [0.5, 0.6) is 0 Å². The summed E-state index contributed by atoms with van der Waals surface area (Å²) in [4.78, 5) is 21.9. The van der Waals surface area contributed by atoms with E-state index in [9.17, 15) is 4.79 Å². The Morgan fingerprint density at radius 1 is 1.37 bits per heavy atom. The standard InChI is InChI=1S/C13H21ClN4O/c1-4-6-10-12(14)16-9-17-13(10)18(7-5-2)8-11(19)15-3/h9H,4-8H2,1-3H3,(H,15,19). The summed E-state index contributed by atoms with van der Waals surface area (Å²) in [6.45, 7) is 5.20. The lowest BCUT2D eigenvalue weighted by Crippen LogP contribution is -2.37. The molecule has 0 saturated carbocycles. The summed E-state index contributed by atoms with van der Waals surface area (Å²) in [5, 5.41) is 3.11. The van der Waals surface area contributed by atoms with E-state index in [1.54, 1.807) is 7.05 Å². The molecular weight excluding hydrogens is 264 g/mol. The minimum atomic E-state index is -0.0365. The van der Waals surface area contributed by atoms with Crippen molar-refractivity contribution in [3.8, 4) is 0 Å². The summed E-state index contributed by atoms with van der Waals surface area (Å²) in [7, 11) is 1.63. The van der Waals surface area contributed by atoms with Gasteiger partial charge in [0, 0.05) is 19.2 Å². The highest BCUT2D eigenvalue weighted by molar-refractivity contribution is 6.30. The molecule has 0 bridgehead atoms. The van der Waals surface area contributed by atoms with Gasteiger partial charge >= 0.3 is 0 Å². The number of aromatic nitrogens is 2. The first-order valence-corrected chi connectivity index (χ1v) is 6.96. The third-order valence-electron chi connectivity index (χ3n) is 2.78. The minimum absolute atomic E-state index is 0.0365. The molecule has 1 rings (SSSR count). The molecular formula is C13H21ClN4O. The smallest absolute Gasteiger partial charge is 0.239 e. The summed E-state index contributed by atoms with van der Waals surface area (Å²) in [5.74, 6) is 0.734. The second-order valence-electron chi connectivity index (χ2n) is 4.31. The number of halogens is 1. The van der Waals surface area contributed by atoms with Crippen molar-refractivity contribution in [2.75, 3.05) is 25.0 Å². The Morgan fingerprint density at radius 2 is 2.11 bits per heavy atom. The molecule has 0 aliphatic carbocycles. The molecule has 5 nitrogen and oxygen atoms in total. The van der Waals surface area contributed by atoms with E-state index in [0.29, 0.717) is 5.15 Å². The number of amides is 1. The molecule has 0 unspecified atom stereocenters. The van der Waals surface area contributed by atoms with Crippen LogP contribution in [-0.4, -0.2) is 36.0 Å². The van der Waals surface area contributed by atoms with Crippen molar-refractivity contribution >= 4 is 23.3 Å². The SMILES string of the molecule is CCCc1c(Cl)ncnc1N(CCC)CC(=O)NC. The van der Waals surface area contributed by atoms with Gasteiger partial charge in [-0.2, -0.15) is 0 Å². The Labute approximate surface area is 119 Å². The number of hydrogen-bond acceptors (Lipinski definition) is 4. The molecule has 0 aliphatic rings. The molecule has 0 aliphatic heterocycles. The van der Waals surface area contributed by atoms with E-state index in [2.05, 4.69) is 29.1 Å². The maximum atomic E-state index is 11.6. The lowest BCUT2D eigenvalue weighted by Gasteiger charge is -2.24. The molecule has 0 fully saturated rings. The average Bonchev–Trinajstić information content (AvgIpc) is 2.40. The van der Waals surface area contributed by atoms with Gasteiger partial charge in [-0.15, -0.1) is 0 Å². The largest absolute Gasteiger partial charge is 0.358 e. The van der Waals surface area contributed by atoms with E-state index in [1.165, 1.54) is 6.33 Å². The highest BCUT2D eigenvalue weighted by Crippen LogP contribution is 2.24. The fourth-order valence-corrected chi connectivity index (χ4v) is 2.12. The second kappa shape index (κ2) is 7.94. The van der Waals surface area contributed by atoms with Gasteiger partial charge in [0.25, 0.3) is 0 Å². The zero-order valence-electron chi connectivity index (χ0n) is 11.7. The van der Waals surface area contributed by atoms with Crippen LogP contribution in [0.3, 0.4) is 0 Å². The summed E-state index contributed by atoms with van der Waals surface area (Å²) in [6.07, 6.45) is 4.15. The summed E-state index contributed by atoms with van der Waals surface area (Å²) < 4.78 is 0. The molecule has 0 aromatic carbocycles. The molecule has 106 valence electrons. The molecule has 1 aromatic rings. The Bertz CT molecular complexity index is 425. The van der Waals surface area contributed by atoms with E-state index in [1.807, 2.05) is 4.90 Å². The predicted molar refractivity (Wildman–Crippen MR) is 77.6 cm³/mol. The quantitative estimate of drug-likeness (QED) is 0.779. The normalized spacial score (nSPS) is 10.3. The van der Waals surface area contributed by atoms with Crippen molar-refractivity contribution in [2.45, 2.75) is 33.1 Å². The number of hydrogen-bond donors (Lipinski definition) is 1. The topological polar surface area (TPSA) is 58.1 Å². The second-order valence-corrected chi connectivity index (χ2v) is 4.67. The predicted octanol–water partition coefficient (Wildman–Crippen LogP) is 2.04. The van der Waals surface area contributed by atoms with Crippen molar-refractivity contribution in [3.05, 3.63) is 17.0 Å². The van der Waals surface area contributed by atoms with Gasteiger partial charge in [-0.1, -0.05) is 31.9 Å². The average molecular weight is 285 g/mol. The van der Waals surface area contributed by atoms with Crippen molar-refractivity contribution in [3.63, 3.8) is 0 Å². The third kappa shape index (κ3) is 4.35. The molecule has 19 heavy (non-hydrogen) atoms. The lowest BCUT2D eigenvalue weighted by molar-refractivity contribution is -0.119. The van der Waals surface area contributed by atoms with E-state index in [4.69, 9.17) is 11.6 Å². The molecule has 0 spiro atoms. The van der Waals surface area contributed by atoms with Crippen LogP contribution >= 0.6 is 11.6 Å². The van der Waals surface area contributed by atoms with Crippen LogP contribution in [0.15, 0.2) is 6.33 Å². The summed E-state index contributed by atoms with van der Waals surface area (Å²) >= 11 is 6.14. The molecule has 0 radical (unpaired) electrons. The first-order chi connectivity index (χ1) is 9.13. The molecule has 1 N–H and O–H groups in total. The van der Waals surface area contributed by atoms with Crippen molar-refractivity contribution in [1.29, 1.82) is 0 Å². The van der Waals surface area contributed by atoms with E-state index >= 15 is 0 Å². The van der Waals surface area contributed by atoms with Gasteiger partial charge in [-0.05, 0) is 12.8 Å². The fourth-order valence-electron chi connectivity index (χ4n) is 1.90. The minimum Gasteiger partial charge on any atom is -0.358 e. The van der Waals surface area contributed by atoms with Crippen LogP contribution in [0.2, 0.25) is 5.15 Å².